The van der Waals surface area contributed by atoms with Crippen LogP contribution in [-0.4, -0.2) is 69.9 Å². The molecule has 1 fully saturated rings. The molecule has 1 saturated heterocycles. The number of allylic oxidation sites excluding steroid dienone is 1. The number of para-hydroxylation sites is 1. The third-order valence-corrected chi connectivity index (χ3v) is 11.0. The van der Waals surface area contributed by atoms with Crippen molar-refractivity contribution in [3.05, 3.63) is 65.2 Å². The summed E-state index contributed by atoms with van der Waals surface area (Å²) in [6, 6.07) is 16.5. The smallest absolute Gasteiger partial charge is 0.214 e. The highest BCUT2D eigenvalue weighted by molar-refractivity contribution is 8.05. The van der Waals surface area contributed by atoms with Crippen molar-refractivity contribution in [2.24, 2.45) is 0 Å². The molecule has 0 radical (unpaired) electrons. The molecule has 0 spiro atoms. The van der Waals surface area contributed by atoms with Gasteiger partial charge in [0.05, 0.1) is 10.2 Å². The molecule has 2 heterocycles. The third-order valence-electron chi connectivity index (χ3n) is 5.32. The normalized spacial score (nSPS) is 17.5. The number of fused-ring (bicyclic) bond motifs is 1. The van der Waals surface area contributed by atoms with Gasteiger partial charge >= 0.3 is 0 Å². The number of thioether (sulfide) groups is 4. The number of ketones is 1. The van der Waals surface area contributed by atoms with Crippen molar-refractivity contribution in [3.8, 4) is 0 Å². The summed E-state index contributed by atoms with van der Waals surface area (Å²) < 4.78 is 1.05. The Morgan fingerprint density at radius 1 is 0.765 bits per heavy atom. The van der Waals surface area contributed by atoms with Crippen LogP contribution in [0.4, 0.5) is 5.69 Å². The average Bonchev–Trinajstić information content (AvgIpc) is 3.30. The number of nitrogens with zero attached hydrogens (tertiary/aromatic N) is 2. The lowest BCUT2D eigenvalue weighted by Gasteiger charge is -2.25. The summed E-state index contributed by atoms with van der Waals surface area (Å²) in [6.07, 6.45) is 3.53. The fraction of sp³-hybridized carbons (Fsp3) is 0.385. The molecule has 8 heteroatoms. The van der Waals surface area contributed by atoms with Crippen molar-refractivity contribution in [2.75, 3.05) is 64.0 Å². The van der Waals surface area contributed by atoms with Crippen LogP contribution in [-0.2, 0) is 0 Å². The van der Waals surface area contributed by atoms with Gasteiger partial charge in [-0.15, -0.1) is 11.3 Å². The highest BCUT2D eigenvalue weighted by Gasteiger charge is 2.10. The van der Waals surface area contributed by atoms with Crippen LogP contribution >= 0.6 is 58.4 Å². The first-order valence-corrected chi connectivity index (χ1v) is 17.0. The number of thiazole rings is 1. The highest BCUT2D eigenvalue weighted by Crippen LogP contribution is 2.23. The number of benzene rings is 2. The maximum absolute atomic E-state index is 12.6. The second-order valence-corrected chi connectivity index (χ2v) is 13.6. The zero-order valence-electron chi connectivity index (χ0n) is 19.2. The van der Waals surface area contributed by atoms with Gasteiger partial charge in [0, 0.05) is 64.8 Å². The van der Waals surface area contributed by atoms with Gasteiger partial charge in [-0.3, -0.25) is 4.79 Å². The van der Waals surface area contributed by atoms with Gasteiger partial charge in [0.25, 0.3) is 0 Å². The summed E-state index contributed by atoms with van der Waals surface area (Å²) in [6.45, 7) is 2.16. The maximum Gasteiger partial charge on any atom is 0.214 e. The van der Waals surface area contributed by atoms with Crippen LogP contribution < -0.4 is 4.90 Å². The minimum Gasteiger partial charge on any atom is -0.370 e. The van der Waals surface area contributed by atoms with Crippen LogP contribution in [0.3, 0.4) is 0 Å². The Morgan fingerprint density at radius 2 is 1.35 bits per heavy atom. The topological polar surface area (TPSA) is 33.2 Å². The minimum absolute atomic E-state index is 0.0405. The van der Waals surface area contributed by atoms with Gasteiger partial charge in [-0.05, 0) is 35.9 Å². The summed E-state index contributed by atoms with van der Waals surface area (Å²) in [5.74, 6) is 9.87. The highest BCUT2D eigenvalue weighted by atomic mass is 32.2. The van der Waals surface area contributed by atoms with Gasteiger partial charge in [-0.2, -0.15) is 47.0 Å². The number of carbonyl (C=O) groups excluding carboxylic acids is 1. The molecule has 1 aliphatic heterocycles. The molecule has 1 aromatic heterocycles. The first-order valence-electron chi connectivity index (χ1n) is 11.5. The van der Waals surface area contributed by atoms with Gasteiger partial charge in [-0.1, -0.05) is 30.3 Å². The first-order chi connectivity index (χ1) is 16.8. The lowest BCUT2D eigenvalue weighted by Crippen LogP contribution is -2.28. The van der Waals surface area contributed by atoms with Crippen molar-refractivity contribution in [2.45, 2.75) is 0 Å². The molecule has 3 aromatic rings. The molecule has 180 valence electrons. The van der Waals surface area contributed by atoms with Crippen LogP contribution in [0.5, 0.6) is 0 Å². The molecule has 34 heavy (non-hydrogen) atoms. The number of anilines is 1. The number of rotatable bonds is 4. The second-order valence-electron chi connectivity index (χ2n) is 7.71. The van der Waals surface area contributed by atoms with Crippen molar-refractivity contribution in [1.82, 2.24) is 4.98 Å². The van der Waals surface area contributed by atoms with Crippen LogP contribution in [0.15, 0.2) is 54.6 Å². The number of carbonyl (C=O) groups is 1. The Balaban J connectivity index is 1.35. The lowest BCUT2D eigenvalue weighted by molar-refractivity contribution is 0.104. The Bertz CT molecular complexity index is 1020. The quantitative estimate of drug-likeness (QED) is 0.259. The standard InChI is InChI=1S/C26H30N2OS5/c29-24(26-27-23-3-1-2-4-25(23)34-26)10-7-21-5-8-22(9-6-21)28-11-13-30-15-17-32-19-20-33-18-16-31-14-12-28/h1-10H,11-20H2/b10-7+. The Morgan fingerprint density at radius 3 is 1.97 bits per heavy atom. The molecule has 0 aliphatic carbocycles. The lowest BCUT2D eigenvalue weighted by atomic mass is 10.1. The van der Waals surface area contributed by atoms with E-state index in [1.807, 2.05) is 30.3 Å². The minimum atomic E-state index is -0.0405. The van der Waals surface area contributed by atoms with E-state index in [1.54, 1.807) is 6.08 Å². The predicted molar refractivity (Wildman–Crippen MR) is 161 cm³/mol. The summed E-state index contributed by atoms with van der Waals surface area (Å²) in [5.41, 5.74) is 3.19. The molecule has 0 amide bonds. The molecule has 3 nitrogen and oxygen atoms in total. The summed E-state index contributed by atoms with van der Waals surface area (Å²) in [4.78, 5) is 19.6. The SMILES string of the molecule is O=C(/C=C/c1ccc(N2CCSCCSCCSCCSCC2)cc1)c1nc2ccccc2s1. The van der Waals surface area contributed by atoms with Crippen LogP contribution in [0.25, 0.3) is 16.3 Å². The Kier molecular flexibility index (Phi) is 11.1. The van der Waals surface area contributed by atoms with Crippen molar-refractivity contribution >= 4 is 86.1 Å². The van der Waals surface area contributed by atoms with Crippen LogP contribution in [0, 0.1) is 0 Å². The second kappa shape index (κ2) is 14.5. The average molecular weight is 547 g/mol. The fourth-order valence-electron chi connectivity index (χ4n) is 3.50. The van der Waals surface area contributed by atoms with E-state index in [0.717, 1.165) is 40.4 Å². The van der Waals surface area contributed by atoms with E-state index in [9.17, 15) is 4.79 Å². The van der Waals surface area contributed by atoms with Crippen LogP contribution in [0.2, 0.25) is 0 Å². The molecule has 0 atom stereocenters. The molecule has 0 N–H and O–H groups in total. The fourth-order valence-corrected chi connectivity index (χ4v) is 8.73. The van der Waals surface area contributed by atoms with Gasteiger partial charge in [0.15, 0.2) is 5.01 Å². The van der Waals surface area contributed by atoms with Gasteiger partial charge in [0.2, 0.25) is 5.78 Å². The molecule has 4 rings (SSSR count). The predicted octanol–water partition coefficient (Wildman–Crippen LogP) is 6.95. The molecular weight excluding hydrogens is 517 g/mol. The van der Waals surface area contributed by atoms with E-state index in [0.29, 0.717) is 5.01 Å². The van der Waals surface area contributed by atoms with E-state index >= 15 is 0 Å². The first kappa shape index (κ1) is 26.0. The molecule has 0 unspecified atom stereocenters. The molecule has 2 aromatic carbocycles. The molecule has 1 aliphatic rings. The van der Waals surface area contributed by atoms with Gasteiger partial charge in [0.1, 0.15) is 0 Å². The number of aromatic nitrogens is 1. The summed E-state index contributed by atoms with van der Waals surface area (Å²) >= 11 is 9.77. The van der Waals surface area contributed by atoms with E-state index in [2.05, 4.69) is 81.2 Å². The van der Waals surface area contributed by atoms with Crippen LogP contribution in [0.1, 0.15) is 15.4 Å². The van der Waals surface area contributed by atoms with E-state index in [-0.39, 0.29) is 5.78 Å². The Labute approximate surface area is 223 Å². The largest absolute Gasteiger partial charge is 0.370 e. The summed E-state index contributed by atoms with van der Waals surface area (Å²) in [7, 11) is 0. The van der Waals surface area contributed by atoms with E-state index < -0.39 is 0 Å². The Hall–Kier alpha value is -1.06. The molecular formula is C26H30N2OS5. The maximum atomic E-state index is 12.6. The zero-order valence-corrected chi connectivity index (χ0v) is 23.3. The summed E-state index contributed by atoms with van der Waals surface area (Å²) in [5, 5.41) is 0.544. The molecule has 0 saturated carbocycles. The number of hydrogen-bond acceptors (Lipinski definition) is 8. The molecule has 0 bridgehead atoms. The van der Waals surface area contributed by atoms with Crippen molar-refractivity contribution in [1.29, 1.82) is 0 Å². The van der Waals surface area contributed by atoms with Gasteiger partial charge < -0.3 is 4.90 Å². The van der Waals surface area contributed by atoms with E-state index in [4.69, 9.17) is 0 Å². The van der Waals surface area contributed by atoms with Crippen molar-refractivity contribution in [3.63, 3.8) is 0 Å². The zero-order chi connectivity index (χ0) is 23.4. The van der Waals surface area contributed by atoms with Gasteiger partial charge in [-0.25, -0.2) is 4.98 Å². The monoisotopic (exact) mass is 546 g/mol. The number of hydrogen-bond donors (Lipinski definition) is 0. The van der Waals surface area contributed by atoms with E-state index in [1.165, 1.54) is 51.5 Å². The third kappa shape index (κ3) is 8.26. The van der Waals surface area contributed by atoms with Crippen molar-refractivity contribution < 1.29 is 4.79 Å².